The van der Waals surface area contributed by atoms with Gasteiger partial charge in [-0.25, -0.2) is 0 Å². The summed E-state index contributed by atoms with van der Waals surface area (Å²) in [4.78, 5) is 2.50. The maximum Gasteiger partial charge on any atom is 0.0493 e. The van der Waals surface area contributed by atoms with Crippen LogP contribution in [-0.4, -0.2) is 6.04 Å². The first-order valence-electron chi connectivity index (χ1n) is 8.38. The summed E-state index contributed by atoms with van der Waals surface area (Å²) < 4.78 is 0. The van der Waals surface area contributed by atoms with Crippen molar-refractivity contribution in [2.75, 3.05) is 4.90 Å². The minimum absolute atomic E-state index is 0.451. The van der Waals surface area contributed by atoms with Crippen LogP contribution in [0.2, 0.25) is 0 Å². The van der Waals surface area contributed by atoms with Gasteiger partial charge < -0.3 is 4.90 Å². The molecular weight excluding hydrogens is 278 g/mol. The van der Waals surface area contributed by atoms with E-state index in [1.165, 1.54) is 33.6 Å². The van der Waals surface area contributed by atoms with Gasteiger partial charge in [-0.1, -0.05) is 67.6 Å². The summed E-state index contributed by atoms with van der Waals surface area (Å²) in [6, 6.07) is 26.8. The zero-order valence-electron chi connectivity index (χ0n) is 13.7. The molecule has 0 bridgehead atoms. The highest BCUT2D eigenvalue weighted by Gasteiger charge is 2.26. The van der Waals surface area contributed by atoms with Gasteiger partial charge in [0.2, 0.25) is 0 Å². The van der Waals surface area contributed by atoms with Crippen molar-refractivity contribution in [3.05, 3.63) is 72.8 Å². The summed E-state index contributed by atoms with van der Waals surface area (Å²) in [7, 11) is 0. The molecule has 0 aromatic heterocycles. The van der Waals surface area contributed by atoms with E-state index in [-0.39, 0.29) is 0 Å². The molecule has 4 rings (SSSR count). The summed E-state index contributed by atoms with van der Waals surface area (Å²) >= 11 is 0. The van der Waals surface area contributed by atoms with Gasteiger partial charge in [0, 0.05) is 28.5 Å². The molecule has 0 radical (unpaired) electrons. The largest absolute Gasteiger partial charge is 0.338 e. The number of para-hydroxylation sites is 2. The van der Waals surface area contributed by atoms with Crippen molar-refractivity contribution in [1.82, 2.24) is 0 Å². The number of rotatable bonds is 2. The van der Waals surface area contributed by atoms with Crippen LogP contribution in [0.1, 0.15) is 20.3 Å². The van der Waals surface area contributed by atoms with Crippen molar-refractivity contribution in [2.24, 2.45) is 0 Å². The standard InChI is InChI=1S/C22H21N/c1-3-16(2)23-21-14-8-6-12-19(21)17-10-4-5-11-18(17)20-13-7-9-15-22(20)23/h4-16H,3H2,1-2H3. The third kappa shape index (κ3) is 2.16. The third-order valence-electron chi connectivity index (χ3n) is 4.87. The molecular formula is C22H21N. The van der Waals surface area contributed by atoms with Crippen molar-refractivity contribution in [3.63, 3.8) is 0 Å². The van der Waals surface area contributed by atoms with Gasteiger partial charge >= 0.3 is 0 Å². The molecule has 114 valence electrons. The van der Waals surface area contributed by atoms with Crippen LogP contribution in [0.25, 0.3) is 22.3 Å². The Balaban J connectivity index is 2.12. The lowest BCUT2D eigenvalue weighted by Crippen LogP contribution is -2.28. The first-order chi connectivity index (χ1) is 11.3. The van der Waals surface area contributed by atoms with Gasteiger partial charge in [0.05, 0.1) is 0 Å². The second-order valence-electron chi connectivity index (χ2n) is 6.21. The van der Waals surface area contributed by atoms with E-state index >= 15 is 0 Å². The molecule has 1 nitrogen and oxygen atoms in total. The van der Waals surface area contributed by atoms with E-state index in [1.54, 1.807) is 0 Å². The Labute approximate surface area is 138 Å². The van der Waals surface area contributed by atoms with Gasteiger partial charge in [-0.2, -0.15) is 0 Å². The van der Waals surface area contributed by atoms with Crippen molar-refractivity contribution >= 4 is 11.4 Å². The fourth-order valence-corrected chi connectivity index (χ4v) is 3.56. The summed E-state index contributed by atoms with van der Waals surface area (Å²) in [5, 5.41) is 0. The fourth-order valence-electron chi connectivity index (χ4n) is 3.56. The summed E-state index contributed by atoms with van der Waals surface area (Å²) in [6.07, 6.45) is 1.11. The van der Waals surface area contributed by atoms with Crippen LogP contribution >= 0.6 is 0 Å². The van der Waals surface area contributed by atoms with E-state index in [0.717, 1.165) is 6.42 Å². The Morgan fingerprint density at radius 1 is 0.652 bits per heavy atom. The topological polar surface area (TPSA) is 3.24 Å². The van der Waals surface area contributed by atoms with Gasteiger partial charge in [-0.15, -0.1) is 0 Å². The first-order valence-corrected chi connectivity index (χ1v) is 8.38. The molecule has 1 aliphatic rings. The number of benzene rings is 3. The normalized spacial score (nSPS) is 13.6. The van der Waals surface area contributed by atoms with Crippen molar-refractivity contribution in [2.45, 2.75) is 26.3 Å². The highest BCUT2D eigenvalue weighted by atomic mass is 15.2. The van der Waals surface area contributed by atoms with Crippen LogP contribution in [0.5, 0.6) is 0 Å². The minimum atomic E-state index is 0.451. The molecule has 1 atom stereocenters. The third-order valence-corrected chi connectivity index (χ3v) is 4.87. The van der Waals surface area contributed by atoms with Gasteiger partial charge in [0.15, 0.2) is 0 Å². The molecule has 0 fully saturated rings. The predicted molar refractivity (Wildman–Crippen MR) is 99.2 cm³/mol. The van der Waals surface area contributed by atoms with Crippen LogP contribution in [0.3, 0.4) is 0 Å². The molecule has 0 aliphatic carbocycles. The average molecular weight is 299 g/mol. The minimum Gasteiger partial charge on any atom is -0.338 e. The van der Waals surface area contributed by atoms with Crippen molar-refractivity contribution in [3.8, 4) is 22.3 Å². The monoisotopic (exact) mass is 299 g/mol. The van der Waals surface area contributed by atoms with E-state index in [9.17, 15) is 0 Å². The van der Waals surface area contributed by atoms with Gasteiger partial charge in [0.25, 0.3) is 0 Å². The molecule has 0 saturated carbocycles. The van der Waals surface area contributed by atoms with E-state index < -0.39 is 0 Å². The lowest BCUT2D eigenvalue weighted by atomic mass is 9.95. The lowest BCUT2D eigenvalue weighted by Gasteiger charge is -2.32. The summed E-state index contributed by atoms with van der Waals surface area (Å²) in [6.45, 7) is 4.57. The molecule has 1 aliphatic heterocycles. The number of fused-ring (bicyclic) bond motifs is 5. The Kier molecular flexibility index (Phi) is 3.42. The Hall–Kier alpha value is -2.54. The van der Waals surface area contributed by atoms with E-state index in [1.807, 2.05) is 0 Å². The Morgan fingerprint density at radius 3 is 1.48 bits per heavy atom. The average Bonchev–Trinajstić information content (AvgIpc) is 2.74. The van der Waals surface area contributed by atoms with Gasteiger partial charge in [-0.05, 0) is 36.6 Å². The van der Waals surface area contributed by atoms with Crippen LogP contribution in [0.4, 0.5) is 11.4 Å². The molecule has 1 unspecified atom stereocenters. The number of hydrogen-bond donors (Lipinski definition) is 0. The smallest absolute Gasteiger partial charge is 0.0493 e. The number of nitrogens with zero attached hydrogens (tertiary/aromatic N) is 1. The summed E-state index contributed by atoms with van der Waals surface area (Å²) in [5.41, 5.74) is 7.89. The van der Waals surface area contributed by atoms with Crippen LogP contribution < -0.4 is 4.90 Å². The van der Waals surface area contributed by atoms with Crippen LogP contribution in [0.15, 0.2) is 72.8 Å². The number of anilines is 2. The maximum atomic E-state index is 2.50. The molecule has 0 saturated heterocycles. The van der Waals surface area contributed by atoms with Crippen molar-refractivity contribution in [1.29, 1.82) is 0 Å². The Bertz CT molecular complexity index is 783. The predicted octanol–water partition coefficient (Wildman–Crippen LogP) is 6.27. The number of hydrogen-bond acceptors (Lipinski definition) is 1. The highest BCUT2D eigenvalue weighted by molar-refractivity contribution is 5.99. The van der Waals surface area contributed by atoms with Crippen LogP contribution in [-0.2, 0) is 0 Å². The van der Waals surface area contributed by atoms with Crippen molar-refractivity contribution < 1.29 is 0 Å². The second kappa shape index (κ2) is 5.58. The van der Waals surface area contributed by atoms with E-state index in [2.05, 4.69) is 91.5 Å². The van der Waals surface area contributed by atoms with Gasteiger partial charge in [0.1, 0.15) is 0 Å². The van der Waals surface area contributed by atoms with E-state index in [4.69, 9.17) is 0 Å². The fraction of sp³-hybridized carbons (Fsp3) is 0.182. The lowest BCUT2D eigenvalue weighted by molar-refractivity contribution is 0.689. The molecule has 1 heteroatoms. The Morgan fingerprint density at radius 2 is 1.04 bits per heavy atom. The summed E-state index contributed by atoms with van der Waals surface area (Å²) in [5.74, 6) is 0. The quantitative estimate of drug-likeness (QED) is 0.539. The highest BCUT2D eigenvalue weighted by Crippen LogP contribution is 2.48. The zero-order valence-corrected chi connectivity index (χ0v) is 13.7. The SMILES string of the molecule is CCC(C)N1c2ccccc2-c2ccccc2-c2ccccc21. The molecule has 0 N–H and O–H groups in total. The second-order valence-corrected chi connectivity index (χ2v) is 6.21. The molecule has 3 aromatic rings. The van der Waals surface area contributed by atoms with E-state index in [0.29, 0.717) is 6.04 Å². The molecule has 23 heavy (non-hydrogen) atoms. The maximum absolute atomic E-state index is 2.50. The van der Waals surface area contributed by atoms with Crippen LogP contribution in [0, 0.1) is 0 Å². The first kappa shape index (κ1) is 14.1. The zero-order chi connectivity index (χ0) is 15.8. The molecule has 1 heterocycles. The molecule has 0 spiro atoms. The molecule has 3 aromatic carbocycles. The molecule has 0 amide bonds. The van der Waals surface area contributed by atoms with Gasteiger partial charge in [-0.3, -0.25) is 0 Å².